The van der Waals surface area contributed by atoms with Gasteiger partial charge in [0.15, 0.2) is 0 Å². The summed E-state index contributed by atoms with van der Waals surface area (Å²) in [5.74, 6) is 3.68. The molecule has 11 heterocycles. The third kappa shape index (κ3) is 14.5. The number of ether oxygens (including phenoxy) is 1. The maximum atomic E-state index is 7.75. The third-order valence-corrected chi connectivity index (χ3v) is 18.6. The van der Waals surface area contributed by atoms with Crippen LogP contribution in [0.25, 0.3) is 77.7 Å². The smallest absolute Gasteiger partial charge is 0.294 e. The van der Waals surface area contributed by atoms with Crippen molar-refractivity contribution in [3.8, 4) is 45.3 Å². The zero-order chi connectivity index (χ0) is 76.6. The number of hydrogen-bond acceptors (Lipinski definition) is 7. The van der Waals surface area contributed by atoms with Crippen LogP contribution in [0.2, 0.25) is 0 Å². The molecule has 1 atom stereocenters. The molecule has 0 saturated heterocycles. The van der Waals surface area contributed by atoms with Crippen molar-refractivity contribution in [2.45, 2.75) is 85.1 Å². The van der Waals surface area contributed by atoms with Crippen LogP contribution in [0.15, 0.2) is 316 Å². The molecule has 0 amide bonds. The van der Waals surface area contributed by atoms with Gasteiger partial charge in [-0.2, -0.15) is 4.57 Å². The second kappa shape index (κ2) is 32.1. The fraction of sp³-hybridized carbons (Fsp3) is 0.143. The summed E-state index contributed by atoms with van der Waals surface area (Å²) in [6.07, 6.45) is 23.1. The van der Waals surface area contributed by atoms with E-state index in [4.69, 9.17) is 20.8 Å². The third-order valence-electron chi connectivity index (χ3n) is 18.6. The Morgan fingerprint density at radius 1 is 0.606 bits per heavy atom. The Morgan fingerprint density at radius 3 is 2.07 bits per heavy atom. The molecule has 5 aromatic heterocycles. The van der Waals surface area contributed by atoms with Gasteiger partial charge in [-0.3, -0.25) is 4.98 Å². The van der Waals surface area contributed by atoms with Gasteiger partial charge in [-0.05, 0) is 109 Å². The molecule has 2 radical (unpaired) electrons. The number of imidazole rings is 1. The minimum Gasteiger partial charge on any atom is -0.527 e. The van der Waals surface area contributed by atoms with Crippen LogP contribution in [0, 0.1) is 18.2 Å². The number of allylic oxidation sites excluding steroid dienone is 4. The number of nitrogens with zero attached hydrogens (tertiary/aromatic N) is 10. The van der Waals surface area contributed by atoms with Gasteiger partial charge in [0.05, 0.1) is 28.3 Å². The van der Waals surface area contributed by atoms with Crippen molar-refractivity contribution < 1.29 is 65.2 Å². The van der Waals surface area contributed by atoms with Gasteiger partial charge in [0, 0.05) is 130 Å². The summed E-state index contributed by atoms with van der Waals surface area (Å²) in [6, 6.07) is 69.2. The monoisotopic (exact) mass is 1720 g/mol. The van der Waals surface area contributed by atoms with Crippen LogP contribution in [0.4, 0.5) is 5.69 Å². The number of para-hydroxylation sites is 3. The second-order valence-corrected chi connectivity index (χ2v) is 26.1. The summed E-state index contributed by atoms with van der Waals surface area (Å²) >= 11 is 0. The molecule has 14 aromatic rings. The molecule has 1 unspecified atom stereocenters. The van der Waals surface area contributed by atoms with Gasteiger partial charge in [0.2, 0.25) is 5.52 Å². The molecular formula is C91H79Ir2N10O-. The van der Waals surface area contributed by atoms with E-state index in [0.29, 0.717) is 29.8 Å². The first-order valence-corrected chi connectivity index (χ1v) is 34.5. The number of rotatable bonds is 7. The van der Waals surface area contributed by atoms with E-state index in [-0.39, 0.29) is 51.5 Å². The van der Waals surface area contributed by atoms with Crippen molar-refractivity contribution >= 4 is 43.8 Å². The standard InChI is InChI=1S/C22H25N2.C18H16N3.C15H10NO.C14H12N2.2C11H8N.2Ir/c1-15(2)18-10-7-11-19(16(3)4)21(18)24-13-12-23-14-17-8-5-6-9-20(17)22(23)24;1-11(2)21-19-17-15-8-4-3-7-13(15)14-9-5-6-12-10-20(21)18(17)16(12)14;1-11-13(14-7-4-5-9-16-14)10-12-6-2-3-8-15(12)17-11;1-2-7-13-11(5-1)9-14-15-8-4-3-6-12(15)10-16(13)14;2*1-2-6-10(7-3-1)11-8-4-5-9-12-11;;/h5-13,15-16H,14H2,1-4H3;3-9,11H,10H2,1-2H3;2-9H,1H2;1-8,10,14H,9H2;2*1-6,8-9H;;/q2*+1;-1;;2*-1;;/i;;;;1D,2D,3D,4D,5D,6D,8D,9D;;;. The summed E-state index contributed by atoms with van der Waals surface area (Å²) in [6.45, 7) is 19.3. The van der Waals surface area contributed by atoms with Crippen LogP contribution in [0.3, 0.4) is 0 Å². The fourth-order valence-electron chi connectivity index (χ4n) is 13.9. The molecule has 9 aromatic carbocycles. The molecule has 518 valence electrons. The summed E-state index contributed by atoms with van der Waals surface area (Å²) in [5, 5.41) is 10.2. The molecule has 0 saturated carbocycles. The Morgan fingerprint density at radius 2 is 1.30 bits per heavy atom. The Balaban J connectivity index is 0.000000118. The first-order chi connectivity index (χ1) is 53.3. The van der Waals surface area contributed by atoms with E-state index < -0.39 is 48.5 Å². The van der Waals surface area contributed by atoms with Crippen LogP contribution < -0.4 is 18.9 Å². The first kappa shape index (κ1) is 61.6. The van der Waals surface area contributed by atoms with Crippen LogP contribution in [-0.2, 0) is 59.7 Å². The van der Waals surface area contributed by atoms with E-state index >= 15 is 0 Å². The number of aromatic nitrogens is 8. The quantitative estimate of drug-likeness (QED) is 0.0893. The van der Waals surface area contributed by atoms with Gasteiger partial charge in [0.1, 0.15) is 43.4 Å². The first-order valence-electron chi connectivity index (χ1n) is 38.5. The van der Waals surface area contributed by atoms with Crippen molar-refractivity contribution in [3.05, 3.63) is 373 Å². The van der Waals surface area contributed by atoms with Crippen molar-refractivity contribution in [2.24, 2.45) is 0 Å². The maximum Gasteiger partial charge on any atom is 0.294 e. The number of anilines is 1. The van der Waals surface area contributed by atoms with Crippen LogP contribution in [0.5, 0.6) is 5.75 Å². The Hall–Kier alpha value is -11.0. The van der Waals surface area contributed by atoms with Gasteiger partial charge >= 0.3 is 0 Å². The average Bonchev–Trinajstić information content (AvgIpc) is 1.49. The van der Waals surface area contributed by atoms with Crippen molar-refractivity contribution in [3.63, 3.8) is 0 Å². The van der Waals surface area contributed by atoms with Crippen LogP contribution >= 0.6 is 0 Å². The van der Waals surface area contributed by atoms with Crippen molar-refractivity contribution in [1.29, 1.82) is 0 Å². The molecule has 6 aliphatic rings. The molecule has 0 spiro atoms. The predicted molar refractivity (Wildman–Crippen MR) is 411 cm³/mol. The predicted octanol–water partition coefficient (Wildman–Crippen LogP) is 19.5. The molecule has 6 aliphatic heterocycles. The SMILES string of the molecule is C1=CC2=CN3c4ccccc4CC3N2C=C1.C=C1Oc2ccccc2[C-]=C1c1ccccn1.CC(C)c1cccc(C(C)C)c1-n1cc[n+]2c1-c1ccccc1C2.CC(C)n1nc2c3ccccc3c3cccc4c3c2[n+]1C4.[2H]c1[c-]c(-c2nc([2H])c([2H])c([2H])c2[2H])c([2H])c([2H])c1[2H].[Ir].[Ir].[c-]1ccccc1-c1ccccn1. The summed E-state index contributed by atoms with van der Waals surface area (Å²) in [4.78, 5) is 19.0. The van der Waals surface area contributed by atoms with Gasteiger partial charge in [0.25, 0.3) is 11.3 Å². The number of fused-ring (bicyclic) bond motifs is 12. The van der Waals surface area contributed by atoms with E-state index in [1.54, 1.807) is 12.4 Å². The fourth-order valence-corrected chi connectivity index (χ4v) is 13.9. The van der Waals surface area contributed by atoms with E-state index in [2.05, 4.69) is 262 Å². The molecule has 20 rings (SSSR count). The molecule has 0 N–H and O–H groups in total. The van der Waals surface area contributed by atoms with Crippen LogP contribution in [-0.4, -0.2) is 40.5 Å². The van der Waals surface area contributed by atoms with E-state index in [9.17, 15) is 0 Å². The minimum atomic E-state index is -0.526. The number of benzene rings is 9. The summed E-state index contributed by atoms with van der Waals surface area (Å²) < 4.78 is 73.2. The van der Waals surface area contributed by atoms with Gasteiger partial charge in [-0.1, -0.05) is 197 Å². The Bertz CT molecular complexity index is 5900. The van der Waals surface area contributed by atoms with Gasteiger partial charge in [-0.15, -0.1) is 88.5 Å². The maximum absolute atomic E-state index is 7.75. The molecular weight excluding hydrogens is 1630 g/mol. The zero-order valence-electron chi connectivity index (χ0n) is 66.4. The molecule has 0 aliphatic carbocycles. The largest absolute Gasteiger partial charge is 0.527 e. The van der Waals surface area contributed by atoms with Crippen LogP contribution in [0.1, 0.15) is 109 Å². The number of hydrogen-bond donors (Lipinski definition) is 0. The molecule has 0 bridgehead atoms. The van der Waals surface area contributed by atoms with Gasteiger partial charge in [-0.25, -0.2) is 4.57 Å². The molecule has 0 fully saturated rings. The zero-order valence-corrected chi connectivity index (χ0v) is 63.1. The average molecular weight is 1720 g/mol. The second-order valence-electron chi connectivity index (χ2n) is 26.1. The van der Waals surface area contributed by atoms with Crippen molar-refractivity contribution in [2.75, 3.05) is 4.90 Å². The van der Waals surface area contributed by atoms with Gasteiger partial charge < -0.3 is 24.5 Å². The summed E-state index contributed by atoms with van der Waals surface area (Å²) in [5.41, 5.74) is 19.1. The molecule has 13 heteroatoms. The number of pyridine rings is 3. The Kier molecular flexibility index (Phi) is 19.0. The Labute approximate surface area is 647 Å². The van der Waals surface area contributed by atoms with Crippen molar-refractivity contribution in [1.82, 2.24) is 34.3 Å². The molecule has 11 nitrogen and oxygen atoms in total. The van der Waals surface area contributed by atoms with E-state index in [1.807, 2.05) is 84.9 Å². The van der Waals surface area contributed by atoms with E-state index in [0.717, 1.165) is 58.9 Å². The minimum absolute atomic E-state index is 0. The topological polar surface area (TPSA) is 84.9 Å². The molecule has 104 heavy (non-hydrogen) atoms. The summed E-state index contributed by atoms with van der Waals surface area (Å²) in [7, 11) is 0. The van der Waals surface area contributed by atoms with E-state index in [1.165, 1.54) is 83.3 Å². The normalized spacial score (nSPS) is 14.9.